The second-order valence-electron chi connectivity index (χ2n) is 6.13. The summed E-state index contributed by atoms with van der Waals surface area (Å²) in [6, 6.07) is 22.9. The van der Waals surface area contributed by atoms with Crippen molar-refractivity contribution in [2.24, 2.45) is 0 Å². The first kappa shape index (κ1) is 13.3. The van der Waals surface area contributed by atoms with Gasteiger partial charge >= 0.3 is 5.97 Å². The Balaban J connectivity index is 2.11. The molecule has 0 fully saturated rings. The molecule has 0 saturated carbocycles. The molecule has 0 unspecified atom stereocenters. The summed E-state index contributed by atoms with van der Waals surface area (Å²) in [4.78, 5) is 12.3. The molecule has 0 saturated heterocycles. The molecule has 0 amide bonds. The Morgan fingerprint density at radius 1 is 0.708 bits per heavy atom. The van der Waals surface area contributed by atoms with Crippen molar-refractivity contribution >= 4 is 49.1 Å². The van der Waals surface area contributed by atoms with Crippen LogP contribution >= 0.6 is 0 Å². The number of hydrogen-bond donors (Lipinski definition) is 0. The summed E-state index contributed by atoms with van der Waals surface area (Å²) in [5.41, 5.74) is 0.618. The summed E-state index contributed by atoms with van der Waals surface area (Å²) >= 11 is 0. The van der Waals surface area contributed by atoms with Gasteiger partial charge in [0.15, 0.2) is 0 Å². The van der Waals surface area contributed by atoms with E-state index in [1.54, 1.807) is 0 Å². The maximum Gasteiger partial charge on any atom is 0.338 e. The van der Waals surface area contributed by atoms with Gasteiger partial charge in [0.25, 0.3) is 0 Å². The number of carbonyl (C=O) groups is 1. The van der Waals surface area contributed by atoms with Gasteiger partial charge in [-0.05, 0) is 49.8 Å². The lowest BCUT2D eigenvalue weighted by molar-refractivity contribution is 0.0603. The van der Waals surface area contributed by atoms with Crippen molar-refractivity contribution in [2.75, 3.05) is 7.11 Å². The normalized spacial score (nSPS) is 11.7. The largest absolute Gasteiger partial charge is 0.465 e. The summed E-state index contributed by atoms with van der Waals surface area (Å²) in [5.74, 6) is -0.296. The van der Waals surface area contributed by atoms with E-state index in [0.29, 0.717) is 5.56 Å². The molecular formula is C22H14O2. The monoisotopic (exact) mass is 310 g/mol. The van der Waals surface area contributed by atoms with E-state index in [9.17, 15) is 4.79 Å². The number of carbonyl (C=O) groups excluding carboxylic acids is 1. The molecule has 0 aliphatic rings. The second kappa shape index (κ2) is 4.68. The zero-order chi connectivity index (χ0) is 16.3. The van der Waals surface area contributed by atoms with Crippen LogP contribution in [0.3, 0.4) is 0 Å². The third-order valence-electron chi connectivity index (χ3n) is 4.89. The van der Waals surface area contributed by atoms with Crippen molar-refractivity contribution in [1.82, 2.24) is 0 Å². The highest BCUT2D eigenvalue weighted by Gasteiger charge is 2.16. The van der Waals surface area contributed by atoms with Crippen molar-refractivity contribution in [3.63, 3.8) is 0 Å². The van der Waals surface area contributed by atoms with Crippen LogP contribution in [0.2, 0.25) is 0 Å². The van der Waals surface area contributed by atoms with Gasteiger partial charge in [0.1, 0.15) is 0 Å². The second-order valence-corrected chi connectivity index (χ2v) is 6.13. The maximum absolute atomic E-state index is 12.3. The van der Waals surface area contributed by atoms with Crippen LogP contribution in [0.4, 0.5) is 0 Å². The fourth-order valence-electron chi connectivity index (χ4n) is 3.88. The lowest BCUT2D eigenvalue weighted by atomic mass is 9.89. The van der Waals surface area contributed by atoms with Crippen molar-refractivity contribution in [1.29, 1.82) is 0 Å². The van der Waals surface area contributed by atoms with Crippen LogP contribution in [-0.2, 0) is 4.74 Å². The zero-order valence-corrected chi connectivity index (χ0v) is 13.2. The maximum atomic E-state index is 12.3. The van der Waals surface area contributed by atoms with E-state index >= 15 is 0 Å². The number of rotatable bonds is 1. The predicted molar refractivity (Wildman–Crippen MR) is 99.0 cm³/mol. The number of benzene rings is 5. The third kappa shape index (κ3) is 1.63. The smallest absolute Gasteiger partial charge is 0.338 e. The first-order valence-corrected chi connectivity index (χ1v) is 7.95. The molecule has 0 bridgehead atoms. The zero-order valence-electron chi connectivity index (χ0n) is 13.2. The molecule has 5 aromatic carbocycles. The Labute approximate surface area is 138 Å². The minimum absolute atomic E-state index is 0.296. The quantitative estimate of drug-likeness (QED) is 0.231. The lowest BCUT2D eigenvalue weighted by Crippen LogP contribution is -2.02. The first-order chi connectivity index (χ1) is 11.8. The Hall–Kier alpha value is -3.13. The van der Waals surface area contributed by atoms with E-state index in [4.69, 9.17) is 4.74 Å². The average Bonchev–Trinajstić information content (AvgIpc) is 2.64. The molecule has 5 aromatic rings. The molecule has 0 spiro atoms. The minimum Gasteiger partial charge on any atom is -0.465 e. The molecule has 0 radical (unpaired) electrons. The van der Waals surface area contributed by atoms with Crippen LogP contribution in [0, 0.1) is 0 Å². The number of hydrogen-bond acceptors (Lipinski definition) is 2. The molecule has 0 aliphatic carbocycles. The Morgan fingerprint density at radius 2 is 1.33 bits per heavy atom. The van der Waals surface area contributed by atoms with Crippen molar-refractivity contribution in [2.45, 2.75) is 0 Å². The van der Waals surface area contributed by atoms with E-state index in [1.165, 1.54) is 34.0 Å². The average molecular weight is 310 g/mol. The highest BCUT2D eigenvalue weighted by molar-refractivity contribution is 6.30. The molecule has 0 aromatic heterocycles. The molecule has 114 valence electrons. The van der Waals surface area contributed by atoms with Gasteiger partial charge in [-0.15, -0.1) is 0 Å². The molecule has 0 atom stereocenters. The molecule has 0 N–H and O–H groups in total. The number of esters is 1. The fourth-order valence-corrected chi connectivity index (χ4v) is 3.88. The van der Waals surface area contributed by atoms with Gasteiger partial charge in [-0.1, -0.05) is 54.6 Å². The highest BCUT2D eigenvalue weighted by atomic mass is 16.5. The third-order valence-corrected chi connectivity index (χ3v) is 4.89. The van der Waals surface area contributed by atoms with Gasteiger partial charge in [-0.2, -0.15) is 0 Å². The SMILES string of the molecule is COC(=O)c1cccc2cc3ccc4cccc5ccc(c12)c3c45. The summed E-state index contributed by atoms with van der Waals surface area (Å²) in [6.07, 6.45) is 0. The molecule has 24 heavy (non-hydrogen) atoms. The van der Waals surface area contributed by atoms with Crippen LogP contribution in [0.1, 0.15) is 10.4 Å². The van der Waals surface area contributed by atoms with Gasteiger partial charge in [0.05, 0.1) is 12.7 Å². The Bertz CT molecular complexity index is 1240. The summed E-state index contributed by atoms with van der Waals surface area (Å²) in [6.45, 7) is 0. The summed E-state index contributed by atoms with van der Waals surface area (Å²) in [7, 11) is 1.43. The van der Waals surface area contributed by atoms with E-state index in [-0.39, 0.29) is 5.97 Å². The Morgan fingerprint density at radius 3 is 2.12 bits per heavy atom. The Kier molecular flexibility index (Phi) is 2.60. The van der Waals surface area contributed by atoms with Crippen molar-refractivity contribution < 1.29 is 9.53 Å². The molecule has 2 heteroatoms. The van der Waals surface area contributed by atoms with E-state index < -0.39 is 0 Å². The van der Waals surface area contributed by atoms with Gasteiger partial charge < -0.3 is 4.74 Å². The van der Waals surface area contributed by atoms with Gasteiger partial charge in [0, 0.05) is 5.39 Å². The van der Waals surface area contributed by atoms with E-state index in [1.807, 2.05) is 12.1 Å². The van der Waals surface area contributed by atoms with Crippen LogP contribution in [0.15, 0.2) is 66.7 Å². The standard InChI is InChI=1S/C22H14O2/c1-24-22(23)18-7-3-6-15-12-16-9-8-13-4-2-5-14-10-11-17(20(15)18)21(16)19(13)14/h2-12H,1H3. The lowest BCUT2D eigenvalue weighted by Gasteiger charge is -2.14. The van der Waals surface area contributed by atoms with Gasteiger partial charge in [-0.25, -0.2) is 4.79 Å². The van der Waals surface area contributed by atoms with Gasteiger partial charge in [0.2, 0.25) is 0 Å². The van der Waals surface area contributed by atoms with Gasteiger partial charge in [-0.3, -0.25) is 0 Å². The van der Waals surface area contributed by atoms with E-state index in [2.05, 4.69) is 54.6 Å². The molecule has 5 rings (SSSR count). The van der Waals surface area contributed by atoms with Crippen LogP contribution in [-0.4, -0.2) is 13.1 Å². The number of ether oxygens (including phenoxy) is 1. The summed E-state index contributed by atoms with van der Waals surface area (Å²) < 4.78 is 5.00. The highest BCUT2D eigenvalue weighted by Crippen LogP contribution is 2.39. The summed E-state index contributed by atoms with van der Waals surface area (Å²) in [5, 5.41) is 9.25. The van der Waals surface area contributed by atoms with Crippen molar-refractivity contribution in [3.05, 3.63) is 72.3 Å². The van der Waals surface area contributed by atoms with Crippen LogP contribution in [0.5, 0.6) is 0 Å². The predicted octanol–water partition coefficient (Wildman–Crippen LogP) is 5.52. The molecule has 0 heterocycles. The fraction of sp³-hybridized carbons (Fsp3) is 0.0455. The molecule has 0 aliphatic heterocycles. The topological polar surface area (TPSA) is 26.3 Å². The van der Waals surface area contributed by atoms with Crippen molar-refractivity contribution in [3.8, 4) is 0 Å². The van der Waals surface area contributed by atoms with Crippen LogP contribution in [0.25, 0.3) is 43.1 Å². The first-order valence-electron chi connectivity index (χ1n) is 7.95. The van der Waals surface area contributed by atoms with Crippen LogP contribution < -0.4 is 0 Å². The molecular weight excluding hydrogens is 296 g/mol. The number of methoxy groups -OCH3 is 1. The number of fused-ring (bicyclic) bond motifs is 2. The minimum atomic E-state index is -0.296. The van der Waals surface area contributed by atoms with E-state index in [0.717, 1.165) is 16.2 Å². The molecule has 2 nitrogen and oxygen atoms in total.